The Morgan fingerprint density at radius 2 is 2.50 bits per heavy atom. The van der Waals surface area contributed by atoms with Crippen molar-refractivity contribution in [1.29, 1.82) is 0 Å². The fourth-order valence-corrected chi connectivity index (χ4v) is 1.39. The predicted octanol–water partition coefficient (Wildman–Crippen LogP) is 0.852. The monoisotopic (exact) mass is 196 g/mol. The molecule has 1 aromatic rings. The number of nitrogen functional groups attached to an aromatic ring is 1. The highest BCUT2D eigenvalue weighted by molar-refractivity contribution is 5.66. The number of carbonyl (C=O) groups is 1. The number of nitrogens with zero attached hydrogens (tertiary/aromatic N) is 1. The standard InChI is InChI=1S/C9H12N2O3/c1-6(12)13-5-9(2-3-9)7-4-8(10)11-14-7/h4H,2-3,5H2,1H3,(H2,10,11). The lowest BCUT2D eigenvalue weighted by Gasteiger charge is -2.10. The Bertz CT molecular complexity index is 355. The zero-order valence-corrected chi connectivity index (χ0v) is 7.95. The van der Waals surface area contributed by atoms with Crippen molar-refractivity contribution in [2.45, 2.75) is 25.2 Å². The molecule has 76 valence electrons. The highest BCUT2D eigenvalue weighted by atomic mass is 16.5. The van der Waals surface area contributed by atoms with Crippen LogP contribution in [0.3, 0.4) is 0 Å². The molecule has 1 aliphatic rings. The molecule has 0 aliphatic heterocycles. The van der Waals surface area contributed by atoms with Crippen LogP contribution in [0.5, 0.6) is 0 Å². The highest BCUT2D eigenvalue weighted by Crippen LogP contribution is 2.48. The molecule has 0 radical (unpaired) electrons. The van der Waals surface area contributed by atoms with E-state index in [1.807, 2.05) is 0 Å². The van der Waals surface area contributed by atoms with E-state index in [0.717, 1.165) is 18.6 Å². The molecule has 1 aromatic heterocycles. The summed E-state index contributed by atoms with van der Waals surface area (Å²) in [4.78, 5) is 10.7. The largest absolute Gasteiger partial charge is 0.465 e. The van der Waals surface area contributed by atoms with Crippen LogP contribution in [0.25, 0.3) is 0 Å². The van der Waals surface area contributed by atoms with Gasteiger partial charge in [0.05, 0.1) is 5.41 Å². The van der Waals surface area contributed by atoms with Crippen LogP contribution in [0.15, 0.2) is 10.6 Å². The Morgan fingerprint density at radius 3 is 2.93 bits per heavy atom. The number of ether oxygens (including phenoxy) is 1. The second-order valence-corrected chi connectivity index (χ2v) is 3.68. The zero-order chi connectivity index (χ0) is 10.2. The second-order valence-electron chi connectivity index (χ2n) is 3.68. The quantitative estimate of drug-likeness (QED) is 0.725. The van der Waals surface area contributed by atoms with Gasteiger partial charge in [-0.1, -0.05) is 5.16 Å². The lowest BCUT2D eigenvalue weighted by Crippen LogP contribution is -2.16. The van der Waals surface area contributed by atoms with Crippen LogP contribution in [-0.2, 0) is 14.9 Å². The van der Waals surface area contributed by atoms with Crippen molar-refractivity contribution < 1.29 is 14.1 Å². The van der Waals surface area contributed by atoms with E-state index < -0.39 is 0 Å². The molecule has 0 aromatic carbocycles. The first kappa shape index (κ1) is 9.05. The summed E-state index contributed by atoms with van der Waals surface area (Å²) in [6.45, 7) is 1.75. The average molecular weight is 196 g/mol. The zero-order valence-electron chi connectivity index (χ0n) is 7.95. The SMILES string of the molecule is CC(=O)OCC1(c2cc(N)no2)CC1. The summed E-state index contributed by atoms with van der Waals surface area (Å²) in [5.41, 5.74) is 5.29. The molecule has 0 spiro atoms. The van der Waals surface area contributed by atoms with E-state index in [9.17, 15) is 4.79 Å². The maximum atomic E-state index is 10.7. The number of aromatic nitrogens is 1. The van der Waals surface area contributed by atoms with Crippen molar-refractivity contribution in [2.24, 2.45) is 0 Å². The predicted molar refractivity (Wildman–Crippen MR) is 48.5 cm³/mol. The first-order valence-corrected chi connectivity index (χ1v) is 4.48. The van der Waals surface area contributed by atoms with Gasteiger partial charge >= 0.3 is 5.97 Å². The lowest BCUT2D eigenvalue weighted by atomic mass is 10.1. The van der Waals surface area contributed by atoms with Gasteiger partial charge in [-0.3, -0.25) is 4.79 Å². The van der Waals surface area contributed by atoms with Gasteiger partial charge in [-0.2, -0.15) is 0 Å². The van der Waals surface area contributed by atoms with Crippen LogP contribution in [0.1, 0.15) is 25.5 Å². The molecular formula is C9H12N2O3. The summed E-state index contributed by atoms with van der Waals surface area (Å²) in [6.07, 6.45) is 1.91. The number of anilines is 1. The third-order valence-electron chi connectivity index (χ3n) is 2.46. The Kier molecular flexibility index (Phi) is 1.94. The summed E-state index contributed by atoms with van der Waals surface area (Å²) in [5.74, 6) is 0.814. The molecule has 0 amide bonds. The summed E-state index contributed by atoms with van der Waals surface area (Å²) in [6, 6.07) is 1.69. The fraction of sp³-hybridized carbons (Fsp3) is 0.556. The normalized spacial score (nSPS) is 17.8. The van der Waals surface area contributed by atoms with Gasteiger partial charge in [0.2, 0.25) is 0 Å². The molecule has 2 rings (SSSR count). The number of hydrogen-bond donors (Lipinski definition) is 1. The Morgan fingerprint density at radius 1 is 1.79 bits per heavy atom. The van der Waals surface area contributed by atoms with E-state index in [-0.39, 0.29) is 11.4 Å². The van der Waals surface area contributed by atoms with Crippen LogP contribution in [-0.4, -0.2) is 17.7 Å². The van der Waals surface area contributed by atoms with Crippen LogP contribution >= 0.6 is 0 Å². The summed E-state index contributed by atoms with van der Waals surface area (Å²) < 4.78 is 10.0. The van der Waals surface area contributed by atoms with Gasteiger partial charge < -0.3 is 15.0 Å². The molecule has 0 saturated heterocycles. The number of carbonyl (C=O) groups excluding carboxylic acids is 1. The van der Waals surface area contributed by atoms with Crippen molar-refractivity contribution >= 4 is 11.8 Å². The molecule has 0 atom stereocenters. The highest BCUT2D eigenvalue weighted by Gasteiger charge is 2.49. The first-order valence-electron chi connectivity index (χ1n) is 4.48. The van der Waals surface area contributed by atoms with Crippen molar-refractivity contribution in [3.63, 3.8) is 0 Å². The van der Waals surface area contributed by atoms with Crippen molar-refractivity contribution in [3.8, 4) is 0 Å². The van der Waals surface area contributed by atoms with Gasteiger partial charge in [0.25, 0.3) is 0 Å². The van der Waals surface area contributed by atoms with E-state index in [0.29, 0.717) is 12.4 Å². The van der Waals surface area contributed by atoms with Crippen LogP contribution in [0, 0.1) is 0 Å². The van der Waals surface area contributed by atoms with Gasteiger partial charge in [-0.15, -0.1) is 0 Å². The summed E-state index contributed by atoms with van der Waals surface area (Å²) in [5, 5.41) is 3.61. The van der Waals surface area contributed by atoms with E-state index >= 15 is 0 Å². The van der Waals surface area contributed by atoms with E-state index in [1.54, 1.807) is 6.07 Å². The van der Waals surface area contributed by atoms with E-state index in [2.05, 4.69) is 5.16 Å². The third-order valence-corrected chi connectivity index (χ3v) is 2.46. The molecule has 1 saturated carbocycles. The minimum atomic E-state index is -0.274. The minimum Gasteiger partial charge on any atom is -0.465 e. The third kappa shape index (κ3) is 1.57. The summed E-state index contributed by atoms with van der Waals surface area (Å²) in [7, 11) is 0. The van der Waals surface area contributed by atoms with E-state index in [1.165, 1.54) is 6.92 Å². The van der Waals surface area contributed by atoms with Crippen LogP contribution in [0.4, 0.5) is 5.82 Å². The Hall–Kier alpha value is -1.52. The van der Waals surface area contributed by atoms with Crippen LogP contribution in [0.2, 0.25) is 0 Å². The molecular weight excluding hydrogens is 184 g/mol. The van der Waals surface area contributed by atoms with Crippen LogP contribution < -0.4 is 5.73 Å². The maximum Gasteiger partial charge on any atom is 0.302 e. The van der Waals surface area contributed by atoms with Gasteiger partial charge in [0, 0.05) is 13.0 Å². The average Bonchev–Trinajstić information content (AvgIpc) is 2.80. The molecule has 0 unspecified atom stereocenters. The molecule has 1 fully saturated rings. The second kappa shape index (κ2) is 3.01. The Labute approximate surface area is 81.2 Å². The molecule has 5 heteroatoms. The smallest absolute Gasteiger partial charge is 0.302 e. The molecule has 1 aliphatic carbocycles. The summed E-state index contributed by atoms with van der Waals surface area (Å²) >= 11 is 0. The number of nitrogens with two attached hydrogens (primary N) is 1. The number of hydrogen-bond acceptors (Lipinski definition) is 5. The molecule has 14 heavy (non-hydrogen) atoms. The van der Waals surface area contributed by atoms with Gasteiger partial charge in [-0.25, -0.2) is 0 Å². The van der Waals surface area contributed by atoms with Gasteiger partial charge in [0.15, 0.2) is 5.82 Å². The van der Waals surface area contributed by atoms with E-state index in [4.69, 9.17) is 15.0 Å². The topological polar surface area (TPSA) is 78.4 Å². The van der Waals surface area contributed by atoms with Gasteiger partial charge in [0.1, 0.15) is 12.4 Å². The van der Waals surface area contributed by atoms with Crippen molar-refractivity contribution in [3.05, 3.63) is 11.8 Å². The molecule has 2 N–H and O–H groups in total. The molecule has 0 bridgehead atoms. The first-order chi connectivity index (χ1) is 6.62. The Balaban J connectivity index is 2.06. The number of rotatable bonds is 3. The van der Waals surface area contributed by atoms with Crippen molar-refractivity contribution in [1.82, 2.24) is 5.16 Å². The fourth-order valence-electron chi connectivity index (χ4n) is 1.39. The lowest BCUT2D eigenvalue weighted by molar-refractivity contribution is -0.142. The molecule has 1 heterocycles. The van der Waals surface area contributed by atoms with Crippen molar-refractivity contribution in [2.75, 3.05) is 12.3 Å². The maximum absolute atomic E-state index is 10.7. The molecule has 5 nitrogen and oxygen atoms in total. The number of esters is 1. The minimum absolute atomic E-state index is 0.156. The van der Waals surface area contributed by atoms with Gasteiger partial charge in [-0.05, 0) is 12.8 Å².